The van der Waals surface area contributed by atoms with Crippen molar-refractivity contribution in [3.63, 3.8) is 0 Å². The summed E-state index contributed by atoms with van der Waals surface area (Å²) in [5.74, 6) is 0. The molecule has 0 radical (unpaired) electrons. The third-order valence-corrected chi connectivity index (χ3v) is 2.31. The molecule has 0 atom stereocenters. The van der Waals surface area contributed by atoms with Crippen molar-refractivity contribution in [3.05, 3.63) is 41.5 Å². The Bertz CT molecular complexity index is 236. The van der Waals surface area contributed by atoms with Crippen molar-refractivity contribution < 1.29 is 0 Å². The second-order valence-corrected chi connectivity index (χ2v) is 3.10. The van der Waals surface area contributed by atoms with E-state index >= 15 is 0 Å². The van der Waals surface area contributed by atoms with Crippen molar-refractivity contribution in [2.24, 2.45) is 0 Å². The van der Waals surface area contributed by atoms with Gasteiger partial charge in [0.15, 0.2) is 0 Å². The van der Waals surface area contributed by atoms with Gasteiger partial charge in [-0.05, 0) is 12.5 Å². The molecule has 11 heavy (non-hydrogen) atoms. The van der Waals surface area contributed by atoms with E-state index in [2.05, 4.69) is 41.1 Å². The van der Waals surface area contributed by atoms with Crippen LogP contribution in [0.25, 0.3) is 6.08 Å². The molecule has 0 aliphatic carbocycles. The Labute approximate surface area is 76.1 Å². The van der Waals surface area contributed by atoms with Crippen LogP contribution in [0.4, 0.5) is 0 Å². The molecule has 0 aliphatic rings. The van der Waals surface area contributed by atoms with Crippen LogP contribution in [-0.2, 0) is 0 Å². The first-order valence-electron chi connectivity index (χ1n) is 3.61. The molecule has 0 spiro atoms. The number of rotatable bonds is 2. The zero-order valence-electron chi connectivity index (χ0n) is 6.55. The largest absolute Gasteiger partial charge is 0.0880 e. The summed E-state index contributed by atoms with van der Waals surface area (Å²) >= 11 is 3.40. The fourth-order valence-electron chi connectivity index (χ4n) is 0.872. The van der Waals surface area contributed by atoms with Crippen LogP contribution in [-0.4, -0.2) is 5.33 Å². The van der Waals surface area contributed by atoms with E-state index in [9.17, 15) is 0 Å². The molecule has 1 heteroatoms. The summed E-state index contributed by atoms with van der Waals surface area (Å²) in [4.78, 5) is 0. The van der Waals surface area contributed by atoms with Crippen molar-refractivity contribution in [1.82, 2.24) is 0 Å². The summed E-state index contributed by atoms with van der Waals surface area (Å²) in [5.41, 5.74) is 2.61. The smallest absolute Gasteiger partial charge is 0.0242 e. The van der Waals surface area contributed by atoms with Crippen molar-refractivity contribution >= 4 is 22.0 Å². The molecule has 0 heterocycles. The summed E-state index contributed by atoms with van der Waals surface area (Å²) in [6.07, 6.45) is 2.18. The summed E-state index contributed by atoms with van der Waals surface area (Å²) in [7, 11) is 0. The van der Waals surface area contributed by atoms with E-state index < -0.39 is 0 Å². The molecule has 1 rings (SSSR count). The number of alkyl halides is 1. The molecule has 0 N–H and O–H groups in total. The average Bonchev–Trinajstić information content (AvgIpc) is 2.06. The minimum atomic E-state index is 0.946. The molecule has 58 valence electrons. The van der Waals surface area contributed by atoms with Crippen molar-refractivity contribution in [1.29, 1.82) is 0 Å². The summed E-state index contributed by atoms with van der Waals surface area (Å²) in [6.45, 7) is 2.11. The zero-order chi connectivity index (χ0) is 8.10. The highest BCUT2D eigenvalue weighted by Gasteiger charge is 1.86. The minimum absolute atomic E-state index is 0.946. The molecule has 0 bridgehead atoms. The molecule has 0 nitrogen and oxygen atoms in total. The number of hydrogen-bond acceptors (Lipinski definition) is 0. The standard InChI is InChI=1S/C10H11Br/c1-9(8-11)7-10-5-3-2-4-6-10/h2-7H,8H2,1H3/b9-7+. The molecule has 0 aliphatic heterocycles. The normalized spacial score (nSPS) is 11.6. The Balaban J connectivity index is 2.79. The molecule has 0 amide bonds. The molecule has 1 aromatic carbocycles. The lowest BCUT2D eigenvalue weighted by Gasteiger charge is -1.94. The van der Waals surface area contributed by atoms with Gasteiger partial charge in [-0.2, -0.15) is 0 Å². The van der Waals surface area contributed by atoms with Gasteiger partial charge in [-0.25, -0.2) is 0 Å². The van der Waals surface area contributed by atoms with E-state index in [-0.39, 0.29) is 0 Å². The summed E-state index contributed by atoms with van der Waals surface area (Å²) < 4.78 is 0. The second kappa shape index (κ2) is 4.35. The predicted octanol–water partition coefficient (Wildman–Crippen LogP) is 3.48. The van der Waals surface area contributed by atoms with Gasteiger partial charge in [0.25, 0.3) is 0 Å². The highest BCUT2D eigenvalue weighted by Crippen LogP contribution is 2.07. The van der Waals surface area contributed by atoms with Crippen LogP contribution in [0, 0.1) is 0 Å². The SMILES string of the molecule is C/C(=C\c1ccccc1)CBr. The van der Waals surface area contributed by atoms with E-state index in [0.717, 1.165) is 5.33 Å². The number of benzene rings is 1. The first-order chi connectivity index (χ1) is 5.33. The third kappa shape index (κ3) is 2.89. The van der Waals surface area contributed by atoms with Crippen LogP contribution in [0.3, 0.4) is 0 Å². The third-order valence-electron chi connectivity index (χ3n) is 1.42. The van der Waals surface area contributed by atoms with E-state index in [1.807, 2.05) is 18.2 Å². The molecule has 0 aromatic heterocycles. The van der Waals surface area contributed by atoms with Gasteiger partial charge in [-0.1, -0.05) is 57.9 Å². The molecule has 0 saturated carbocycles. The van der Waals surface area contributed by atoms with Crippen LogP contribution in [0.15, 0.2) is 35.9 Å². The quantitative estimate of drug-likeness (QED) is 0.657. The monoisotopic (exact) mass is 210 g/mol. The first kappa shape index (κ1) is 8.54. The van der Waals surface area contributed by atoms with Gasteiger partial charge in [-0.15, -0.1) is 0 Å². The van der Waals surface area contributed by atoms with Crippen LogP contribution in [0.1, 0.15) is 12.5 Å². The van der Waals surface area contributed by atoms with Crippen molar-refractivity contribution in [3.8, 4) is 0 Å². The Morgan fingerprint density at radius 1 is 1.36 bits per heavy atom. The highest BCUT2D eigenvalue weighted by atomic mass is 79.9. The van der Waals surface area contributed by atoms with Gasteiger partial charge in [0, 0.05) is 5.33 Å². The molecule has 0 saturated heterocycles. The molecule has 1 aromatic rings. The summed E-state index contributed by atoms with van der Waals surface area (Å²) in [5, 5.41) is 0.946. The first-order valence-corrected chi connectivity index (χ1v) is 4.73. The van der Waals surface area contributed by atoms with Crippen LogP contribution in [0.5, 0.6) is 0 Å². The van der Waals surface area contributed by atoms with Crippen LogP contribution < -0.4 is 0 Å². The number of hydrogen-bond donors (Lipinski definition) is 0. The maximum Gasteiger partial charge on any atom is 0.0242 e. The number of allylic oxidation sites excluding steroid dienone is 1. The topological polar surface area (TPSA) is 0 Å². The lowest BCUT2D eigenvalue weighted by molar-refractivity contribution is 1.45. The van der Waals surface area contributed by atoms with Gasteiger partial charge in [-0.3, -0.25) is 0 Å². The maximum atomic E-state index is 3.40. The highest BCUT2D eigenvalue weighted by molar-refractivity contribution is 9.09. The van der Waals surface area contributed by atoms with Crippen LogP contribution >= 0.6 is 15.9 Å². The zero-order valence-corrected chi connectivity index (χ0v) is 8.14. The Kier molecular flexibility index (Phi) is 3.37. The maximum absolute atomic E-state index is 3.40. The van der Waals surface area contributed by atoms with E-state index in [4.69, 9.17) is 0 Å². The van der Waals surface area contributed by atoms with Crippen molar-refractivity contribution in [2.45, 2.75) is 6.92 Å². The molecule has 0 unspecified atom stereocenters. The Morgan fingerprint density at radius 3 is 2.55 bits per heavy atom. The lowest BCUT2D eigenvalue weighted by Crippen LogP contribution is -1.76. The fraction of sp³-hybridized carbons (Fsp3) is 0.200. The fourth-order valence-corrected chi connectivity index (χ4v) is 1.03. The molecule has 0 fully saturated rings. The van der Waals surface area contributed by atoms with Gasteiger partial charge in [0.1, 0.15) is 0 Å². The van der Waals surface area contributed by atoms with Crippen molar-refractivity contribution in [2.75, 3.05) is 5.33 Å². The Morgan fingerprint density at radius 2 is 2.00 bits per heavy atom. The van der Waals surface area contributed by atoms with E-state index in [0.29, 0.717) is 0 Å². The summed E-state index contributed by atoms with van der Waals surface area (Å²) in [6, 6.07) is 10.3. The van der Waals surface area contributed by atoms with Gasteiger partial charge >= 0.3 is 0 Å². The van der Waals surface area contributed by atoms with Gasteiger partial charge in [0.2, 0.25) is 0 Å². The lowest BCUT2D eigenvalue weighted by atomic mass is 10.2. The molecular weight excluding hydrogens is 200 g/mol. The Hall–Kier alpha value is -0.560. The van der Waals surface area contributed by atoms with E-state index in [1.165, 1.54) is 11.1 Å². The number of halogens is 1. The van der Waals surface area contributed by atoms with Gasteiger partial charge in [0.05, 0.1) is 0 Å². The minimum Gasteiger partial charge on any atom is -0.0880 e. The van der Waals surface area contributed by atoms with Gasteiger partial charge < -0.3 is 0 Å². The molecular formula is C10H11Br. The predicted molar refractivity (Wildman–Crippen MR) is 53.9 cm³/mol. The van der Waals surface area contributed by atoms with Crippen LogP contribution in [0.2, 0.25) is 0 Å². The van der Waals surface area contributed by atoms with E-state index in [1.54, 1.807) is 0 Å². The average molecular weight is 211 g/mol. The second-order valence-electron chi connectivity index (χ2n) is 2.54.